The second-order valence-corrected chi connectivity index (χ2v) is 6.46. The highest BCUT2D eigenvalue weighted by atomic mass is 79.9. The van der Waals surface area contributed by atoms with Crippen LogP contribution in [0.5, 0.6) is 0 Å². The summed E-state index contributed by atoms with van der Waals surface area (Å²) in [7, 11) is 0. The van der Waals surface area contributed by atoms with Gasteiger partial charge in [-0.05, 0) is 23.8 Å². The van der Waals surface area contributed by atoms with Crippen LogP contribution in [0.3, 0.4) is 0 Å². The average Bonchev–Trinajstić information content (AvgIpc) is 2.36. The van der Waals surface area contributed by atoms with Crippen molar-refractivity contribution in [3.63, 3.8) is 0 Å². The Morgan fingerprint density at radius 1 is 1.45 bits per heavy atom. The quantitative estimate of drug-likeness (QED) is 0.888. The van der Waals surface area contributed by atoms with Crippen molar-refractivity contribution in [2.75, 3.05) is 26.3 Å². The molecule has 0 spiro atoms. The van der Waals surface area contributed by atoms with Gasteiger partial charge in [0.05, 0.1) is 13.2 Å². The summed E-state index contributed by atoms with van der Waals surface area (Å²) >= 11 is 3.35. The largest absolute Gasteiger partial charge is 0.378 e. The van der Waals surface area contributed by atoms with Crippen molar-refractivity contribution in [2.24, 2.45) is 0 Å². The molecular formula is C15H22BrFN2O. The maximum absolute atomic E-state index is 13.4. The van der Waals surface area contributed by atoms with Gasteiger partial charge in [-0.2, -0.15) is 0 Å². The van der Waals surface area contributed by atoms with Crippen LogP contribution in [0.25, 0.3) is 0 Å². The Bertz CT molecular complexity index is 422. The Labute approximate surface area is 128 Å². The number of benzene rings is 1. The fraction of sp³-hybridized carbons (Fsp3) is 0.600. The van der Waals surface area contributed by atoms with Crippen LogP contribution < -0.4 is 5.32 Å². The third kappa shape index (κ3) is 4.81. The molecule has 1 unspecified atom stereocenters. The summed E-state index contributed by atoms with van der Waals surface area (Å²) in [5, 5.41) is 3.45. The minimum atomic E-state index is -0.195. The van der Waals surface area contributed by atoms with Gasteiger partial charge in [-0.15, -0.1) is 0 Å². The van der Waals surface area contributed by atoms with Crippen LogP contribution in [0.4, 0.5) is 4.39 Å². The molecule has 1 atom stereocenters. The molecule has 1 fully saturated rings. The van der Waals surface area contributed by atoms with Crippen molar-refractivity contribution in [1.82, 2.24) is 10.2 Å². The van der Waals surface area contributed by atoms with Crippen molar-refractivity contribution in [3.05, 3.63) is 34.1 Å². The molecule has 20 heavy (non-hydrogen) atoms. The number of rotatable bonds is 5. The molecule has 2 rings (SSSR count). The molecule has 1 aliphatic rings. The standard InChI is InChI=1S/C15H22BrFN2O/c1-11(2)18-8-15-10-20-4-3-19(15)9-12-5-13(16)7-14(17)6-12/h5-7,11,15,18H,3-4,8-10H2,1-2H3. The van der Waals surface area contributed by atoms with E-state index in [-0.39, 0.29) is 5.82 Å². The van der Waals surface area contributed by atoms with E-state index in [1.165, 1.54) is 6.07 Å². The molecule has 0 radical (unpaired) electrons. The van der Waals surface area contributed by atoms with Crippen LogP contribution in [0, 0.1) is 5.82 Å². The highest BCUT2D eigenvalue weighted by Gasteiger charge is 2.23. The van der Waals surface area contributed by atoms with Crippen molar-refractivity contribution < 1.29 is 9.13 Å². The van der Waals surface area contributed by atoms with Crippen molar-refractivity contribution >= 4 is 15.9 Å². The van der Waals surface area contributed by atoms with E-state index in [4.69, 9.17) is 4.74 Å². The minimum absolute atomic E-state index is 0.195. The van der Waals surface area contributed by atoms with Gasteiger partial charge in [0.25, 0.3) is 0 Å². The monoisotopic (exact) mass is 344 g/mol. The van der Waals surface area contributed by atoms with E-state index in [1.807, 2.05) is 6.07 Å². The van der Waals surface area contributed by atoms with E-state index >= 15 is 0 Å². The van der Waals surface area contributed by atoms with Gasteiger partial charge in [0, 0.05) is 36.2 Å². The van der Waals surface area contributed by atoms with Crippen LogP contribution in [0.2, 0.25) is 0 Å². The lowest BCUT2D eigenvalue weighted by atomic mass is 10.1. The van der Waals surface area contributed by atoms with E-state index in [9.17, 15) is 4.39 Å². The zero-order chi connectivity index (χ0) is 14.5. The fourth-order valence-electron chi connectivity index (χ4n) is 2.39. The minimum Gasteiger partial charge on any atom is -0.378 e. The van der Waals surface area contributed by atoms with E-state index in [2.05, 4.69) is 40.0 Å². The second-order valence-electron chi connectivity index (χ2n) is 5.54. The van der Waals surface area contributed by atoms with Crippen molar-refractivity contribution in [1.29, 1.82) is 0 Å². The number of nitrogens with one attached hydrogen (secondary N) is 1. The highest BCUT2D eigenvalue weighted by molar-refractivity contribution is 9.10. The van der Waals surface area contributed by atoms with Gasteiger partial charge in [0.15, 0.2) is 0 Å². The molecule has 0 bridgehead atoms. The number of ether oxygens (including phenoxy) is 1. The van der Waals surface area contributed by atoms with E-state index in [0.29, 0.717) is 12.1 Å². The summed E-state index contributed by atoms with van der Waals surface area (Å²) in [5.41, 5.74) is 0.994. The molecule has 112 valence electrons. The third-order valence-corrected chi connectivity index (χ3v) is 3.88. The molecule has 1 aromatic carbocycles. The normalized spacial score (nSPS) is 20.6. The van der Waals surface area contributed by atoms with Gasteiger partial charge in [-0.1, -0.05) is 29.8 Å². The smallest absolute Gasteiger partial charge is 0.124 e. The van der Waals surface area contributed by atoms with Crippen LogP contribution in [-0.2, 0) is 11.3 Å². The van der Waals surface area contributed by atoms with Crippen LogP contribution in [-0.4, -0.2) is 43.3 Å². The maximum atomic E-state index is 13.4. The van der Waals surface area contributed by atoms with E-state index < -0.39 is 0 Å². The third-order valence-electron chi connectivity index (χ3n) is 3.42. The predicted octanol–water partition coefficient (Wildman–Crippen LogP) is 2.79. The van der Waals surface area contributed by atoms with Gasteiger partial charge in [0.1, 0.15) is 5.82 Å². The molecule has 0 aliphatic carbocycles. The van der Waals surface area contributed by atoms with Crippen molar-refractivity contribution in [3.8, 4) is 0 Å². The van der Waals surface area contributed by atoms with Gasteiger partial charge >= 0.3 is 0 Å². The molecule has 1 N–H and O–H groups in total. The topological polar surface area (TPSA) is 24.5 Å². The van der Waals surface area contributed by atoms with Gasteiger partial charge in [-0.3, -0.25) is 4.90 Å². The van der Waals surface area contributed by atoms with Crippen LogP contribution in [0.1, 0.15) is 19.4 Å². The first-order valence-electron chi connectivity index (χ1n) is 7.04. The van der Waals surface area contributed by atoms with E-state index in [1.54, 1.807) is 6.07 Å². The molecule has 1 aromatic rings. The fourth-order valence-corrected chi connectivity index (χ4v) is 2.91. The summed E-state index contributed by atoms with van der Waals surface area (Å²) in [6, 6.07) is 5.87. The second kappa shape index (κ2) is 7.50. The summed E-state index contributed by atoms with van der Waals surface area (Å²) in [6.45, 7) is 8.29. The molecule has 1 saturated heterocycles. The Balaban J connectivity index is 2.00. The first-order valence-corrected chi connectivity index (χ1v) is 7.84. The summed E-state index contributed by atoms with van der Waals surface area (Å²) < 4.78 is 19.8. The lowest BCUT2D eigenvalue weighted by molar-refractivity contribution is -0.0115. The number of morpholine rings is 1. The van der Waals surface area contributed by atoms with Crippen LogP contribution in [0.15, 0.2) is 22.7 Å². The number of hydrogen-bond donors (Lipinski definition) is 1. The molecule has 0 aromatic heterocycles. The first-order chi connectivity index (χ1) is 9.54. The molecule has 3 nitrogen and oxygen atoms in total. The summed E-state index contributed by atoms with van der Waals surface area (Å²) in [6.07, 6.45) is 0. The van der Waals surface area contributed by atoms with Crippen molar-refractivity contribution in [2.45, 2.75) is 32.5 Å². The van der Waals surface area contributed by atoms with Gasteiger partial charge in [0.2, 0.25) is 0 Å². The number of halogens is 2. The van der Waals surface area contributed by atoms with Gasteiger partial charge in [-0.25, -0.2) is 4.39 Å². The Morgan fingerprint density at radius 2 is 2.25 bits per heavy atom. The zero-order valence-electron chi connectivity index (χ0n) is 12.0. The Hall–Kier alpha value is -0.490. The lowest BCUT2D eigenvalue weighted by Gasteiger charge is -2.36. The number of hydrogen-bond acceptors (Lipinski definition) is 3. The zero-order valence-corrected chi connectivity index (χ0v) is 13.6. The Morgan fingerprint density at radius 3 is 2.95 bits per heavy atom. The average molecular weight is 345 g/mol. The molecule has 0 amide bonds. The molecule has 1 aliphatic heterocycles. The molecular weight excluding hydrogens is 323 g/mol. The SMILES string of the molecule is CC(C)NCC1COCCN1Cc1cc(F)cc(Br)c1. The highest BCUT2D eigenvalue weighted by Crippen LogP contribution is 2.18. The first kappa shape index (κ1) is 15.9. The van der Waals surface area contributed by atoms with Gasteiger partial charge < -0.3 is 10.1 Å². The summed E-state index contributed by atoms with van der Waals surface area (Å²) in [4.78, 5) is 2.36. The maximum Gasteiger partial charge on any atom is 0.124 e. The lowest BCUT2D eigenvalue weighted by Crippen LogP contribution is -2.50. The number of nitrogens with zero attached hydrogens (tertiary/aromatic N) is 1. The molecule has 5 heteroatoms. The molecule has 1 heterocycles. The molecule has 0 saturated carbocycles. The summed E-state index contributed by atoms with van der Waals surface area (Å²) in [5.74, 6) is -0.195. The van der Waals surface area contributed by atoms with Crippen LogP contribution >= 0.6 is 15.9 Å². The Kier molecular flexibility index (Phi) is 5.96. The predicted molar refractivity (Wildman–Crippen MR) is 82.3 cm³/mol. The van der Waals surface area contributed by atoms with E-state index in [0.717, 1.165) is 42.9 Å².